The number of aromatic amines is 1. The number of H-pyrrole nitrogens is 1. The number of carboxylic acids is 1. The zero-order chi connectivity index (χ0) is 13.3. The van der Waals surface area contributed by atoms with Gasteiger partial charge in [0.2, 0.25) is 0 Å². The molecule has 0 aliphatic carbocycles. The summed E-state index contributed by atoms with van der Waals surface area (Å²) in [7, 11) is 0. The van der Waals surface area contributed by atoms with Crippen LogP contribution in [0.1, 0.15) is 36.8 Å². The Balaban J connectivity index is 2.50. The molecule has 5 nitrogen and oxygen atoms in total. The molecule has 0 bridgehead atoms. The number of nitrogens with one attached hydrogen (secondary N) is 1. The average Bonchev–Trinajstić information content (AvgIpc) is 2.77. The van der Waals surface area contributed by atoms with E-state index in [9.17, 15) is 4.79 Å². The Bertz CT molecular complexity index is 582. The van der Waals surface area contributed by atoms with Crippen molar-refractivity contribution < 1.29 is 9.90 Å². The Labute approximate surface area is 105 Å². The molecule has 2 aromatic heterocycles. The molecule has 5 heteroatoms. The van der Waals surface area contributed by atoms with Gasteiger partial charge in [0.1, 0.15) is 0 Å². The molecule has 2 aromatic rings. The number of aromatic carboxylic acids is 1. The van der Waals surface area contributed by atoms with Crippen molar-refractivity contribution >= 4 is 5.97 Å². The summed E-state index contributed by atoms with van der Waals surface area (Å²) < 4.78 is 0. The lowest BCUT2D eigenvalue weighted by Gasteiger charge is -2.14. The second-order valence-corrected chi connectivity index (χ2v) is 5.14. The molecule has 0 amide bonds. The van der Waals surface area contributed by atoms with Crippen molar-refractivity contribution in [3.8, 4) is 11.3 Å². The largest absolute Gasteiger partial charge is 0.478 e. The van der Waals surface area contributed by atoms with Crippen molar-refractivity contribution in [1.29, 1.82) is 0 Å². The van der Waals surface area contributed by atoms with Crippen molar-refractivity contribution in [2.24, 2.45) is 0 Å². The predicted octanol–water partition coefficient (Wildman–Crippen LogP) is 2.47. The second kappa shape index (κ2) is 4.25. The SMILES string of the molecule is CC(C)(C)c1cc(-c2ccncc2C(=O)O)n[nH]1. The van der Waals surface area contributed by atoms with Crippen LogP contribution in [0.5, 0.6) is 0 Å². The zero-order valence-electron chi connectivity index (χ0n) is 10.6. The fraction of sp³-hybridized carbons (Fsp3) is 0.308. The minimum absolute atomic E-state index is 0.0539. The quantitative estimate of drug-likeness (QED) is 0.851. The molecule has 2 heterocycles. The first-order valence-electron chi connectivity index (χ1n) is 5.63. The molecule has 0 atom stereocenters. The molecule has 0 aromatic carbocycles. The molecule has 0 aliphatic heterocycles. The van der Waals surface area contributed by atoms with E-state index in [-0.39, 0.29) is 11.0 Å². The highest BCUT2D eigenvalue weighted by atomic mass is 16.4. The van der Waals surface area contributed by atoms with Crippen molar-refractivity contribution in [2.45, 2.75) is 26.2 Å². The third-order valence-electron chi connectivity index (χ3n) is 2.71. The van der Waals surface area contributed by atoms with Crippen LogP contribution in [0.4, 0.5) is 0 Å². The van der Waals surface area contributed by atoms with Crippen LogP contribution in [-0.4, -0.2) is 26.3 Å². The number of carbonyl (C=O) groups is 1. The van der Waals surface area contributed by atoms with E-state index in [1.54, 1.807) is 12.3 Å². The molecular weight excluding hydrogens is 230 g/mol. The molecular formula is C13H15N3O2. The summed E-state index contributed by atoms with van der Waals surface area (Å²) in [5.41, 5.74) is 2.26. The van der Waals surface area contributed by atoms with Gasteiger partial charge in [-0.2, -0.15) is 5.10 Å². The van der Waals surface area contributed by atoms with E-state index in [1.807, 2.05) is 6.07 Å². The van der Waals surface area contributed by atoms with Gasteiger partial charge in [0.05, 0.1) is 11.3 Å². The first-order valence-corrected chi connectivity index (χ1v) is 5.63. The summed E-state index contributed by atoms with van der Waals surface area (Å²) in [6, 6.07) is 3.54. The Morgan fingerprint density at radius 1 is 1.39 bits per heavy atom. The fourth-order valence-electron chi connectivity index (χ4n) is 1.63. The zero-order valence-corrected chi connectivity index (χ0v) is 10.6. The highest BCUT2D eigenvalue weighted by Crippen LogP contribution is 2.26. The summed E-state index contributed by atoms with van der Waals surface area (Å²) in [5, 5.41) is 16.2. The summed E-state index contributed by atoms with van der Waals surface area (Å²) >= 11 is 0. The van der Waals surface area contributed by atoms with Gasteiger partial charge in [0, 0.05) is 29.1 Å². The van der Waals surface area contributed by atoms with Crippen LogP contribution in [0, 0.1) is 0 Å². The second-order valence-electron chi connectivity index (χ2n) is 5.14. The number of pyridine rings is 1. The van der Waals surface area contributed by atoms with Gasteiger partial charge in [0.15, 0.2) is 0 Å². The van der Waals surface area contributed by atoms with Gasteiger partial charge >= 0.3 is 5.97 Å². The lowest BCUT2D eigenvalue weighted by molar-refractivity contribution is 0.0697. The van der Waals surface area contributed by atoms with Crippen LogP contribution in [0.25, 0.3) is 11.3 Å². The molecule has 2 rings (SSSR count). The van der Waals surface area contributed by atoms with Crippen molar-refractivity contribution in [3.05, 3.63) is 35.8 Å². The van der Waals surface area contributed by atoms with Gasteiger partial charge in [-0.05, 0) is 12.1 Å². The minimum atomic E-state index is -1.00. The smallest absolute Gasteiger partial charge is 0.337 e. The predicted molar refractivity (Wildman–Crippen MR) is 67.5 cm³/mol. The number of aromatic nitrogens is 3. The first-order chi connectivity index (χ1) is 8.39. The molecule has 0 saturated heterocycles. The first kappa shape index (κ1) is 12.3. The maximum atomic E-state index is 11.1. The summed E-state index contributed by atoms with van der Waals surface area (Å²) in [4.78, 5) is 14.9. The Morgan fingerprint density at radius 2 is 2.11 bits per heavy atom. The van der Waals surface area contributed by atoms with E-state index < -0.39 is 5.97 Å². The summed E-state index contributed by atoms with van der Waals surface area (Å²) in [5.74, 6) is -1.00. The lowest BCUT2D eigenvalue weighted by Crippen LogP contribution is -2.11. The van der Waals surface area contributed by atoms with Gasteiger partial charge in [-0.3, -0.25) is 10.1 Å². The Kier molecular flexibility index (Phi) is 2.90. The molecule has 94 valence electrons. The number of hydrogen-bond donors (Lipinski definition) is 2. The molecule has 18 heavy (non-hydrogen) atoms. The maximum Gasteiger partial charge on any atom is 0.337 e. The number of rotatable bonds is 2. The van der Waals surface area contributed by atoms with Gasteiger partial charge in [-0.25, -0.2) is 4.79 Å². The summed E-state index contributed by atoms with van der Waals surface area (Å²) in [6.45, 7) is 6.19. The molecule has 0 fully saturated rings. The van der Waals surface area contributed by atoms with Gasteiger partial charge in [0.25, 0.3) is 0 Å². The minimum Gasteiger partial charge on any atom is -0.478 e. The van der Waals surface area contributed by atoms with Crippen molar-refractivity contribution in [3.63, 3.8) is 0 Å². The van der Waals surface area contributed by atoms with Gasteiger partial charge in [-0.1, -0.05) is 20.8 Å². The van der Waals surface area contributed by atoms with E-state index in [0.717, 1.165) is 5.69 Å². The molecule has 0 radical (unpaired) electrons. The lowest BCUT2D eigenvalue weighted by atomic mass is 9.92. The van der Waals surface area contributed by atoms with E-state index in [2.05, 4.69) is 36.0 Å². The fourth-order valence-corrected chi connectivity index (χ4v) is 1.63. The average molecular weight is 245 g/mol. The van der Waals surface area contributed by atoms with E-state index in [0.29, 0.717) is 11.3 Å². The van der Waals surface area contributed by atoms with E-state index >= 15 is 0 Å². The number of carboxylic acid groups (broad SMARTS) is 1. The number of hydrogen-bond acceptors (Lipinski definition) is 3. The van der Waals surface area contributed by atoms with Crippen molar-refractivity contribution in [2.75, 3.05) is 0 Å². The molecule has 2 N–H and O–H groups in total. The topological polar surface area (TPSA) is 78.9 Å². The summed E-state index contributed by atoms with van der Waals surface area (Å²) in [6.07, 6.45) is 2.90. The highest BCUT2D eigenvalue weighted by Gasteiger charge is 2.19. The normalized spacial score (nSPS) is 11.5. The van der Waals surface area contributed by atoms with Crippen LogP contribution in [0.2, 0.25) is 0 Å². The Morgan fingerprint density at radius 3 is 2.67 bits per heavy atom. The monoisotopic (exact) mass is 245 g/mol. The molecule has 0 unspecified atom stereocenters. The number of nitrogens with zero attached hydrogens (tertiary/aromatic N) is 2. The Hall–Kier alpha value is -2.17. The highest BCUT2D eigenvalue weighted by molar-refractivity contribution is 5.95. The van der Waals surface area contributed by atoms with Gasteiger partial charge < -0.3 is 5.11 Å². The van der Waals surface area contributed by atoms with Gasteiger partial charge in [-0.15, -0.1) is 0 Å². The van der Waals surface area contributed by atoms with Crippen LogP contribution in [-0.2, 0) is 5.41 Å². The van der Waals surface area contributed by atoms with E-state index in [1.165, 1.54) is 6.20 Å². The maximum absolute atomic E-state index is 11.1. The van der Waals surface area contributed by atoms with Crippen LogP contribution >= 0.6 is 0 Å². The molecule has 0 saturated carbocycles. The standard InChI is InChI=1S/C13H15N3O2/c1-13(2,3)11-6-10(15-16-11)8-4-5-14-7-9(8)12(17)18/h4-7H,1-3H3,(H,15,16)(H,17,18). The molecule has 0 aliphatic rings. The third-order valence-corrected chi connectivity index (χ3v) is 2.71. The van der Waals surface area contributed by atoms with Crippen LogP contribution < -0.4 is 0 Å². The molecule has 0 spiro atoms. The van der Waals surface area contributed by atoms with Crippen LogP contribution in [0.3, 0.4) is 0 Å². The van der Waals surface area contributed by atoms with Crippen molar-refractivity contribution in [1.82, 2.24) is 15.2 Å². The van der Waals surface area contributed by atoms with Crippen LogP contribution in [0.15, 0.2) is 24.5 Å². The van der Waals surface area contributed by atoms with E-state index in [4.69, 9.17) is 5.11 Å². The third kappa shape index (κ3) is 2.25.